The fraction of sp³-hybridized carbons (Fsp3) is 0.583. The minimum Gasteiger partial charge on any atom is -0.273 e. The first kappa shape index (κ1) is 14.4. The predicted molar refractivity (Wildman–Crippen MR) is 67.0 cm³/mol. The Kier molecular flexibility index (Phi) is 5.51. The van der Waals surface area contributed by atoms with Gasteiger partial charge in [0.2, 0.25) is 0 Å². The second kappa shape index (κ2) is 6.90. The molecule has 6 heteroatoms. The number of hydrogen-bond donors (Lipinski definition) is 1. The molecule has 0 aromatic carbocycles. The molecule has 1 aromatic heterocycles. The molecule has 0 aliphatic heterocycles. The average molecular weight is 253 g/mol. The van der Waals surface area contributed by atoms with Crippen molar-refractivity contribution in [1.82, 2.24) is 15.3 Å². The first-order valence-corrected chi connectivity index (χ1v) is 6.05. The molecule has 0 saturated carbocycles. The first-order chi connectivity index (χ1) is 8.54. The van der Waals surface area contributed by atoms with Crippen LogP contribution in [-0.4, -0.2) is 22.3 Å². The third kappa shape index (κ3) is 4.29. The number of carbonyl (C=O) groups is 1. The Morgan fingerprint density at radius 1 is 1.50 bits per heavy atom. The van der Waals surface area contributed by atoms with Gasteiger partial charge in [0, 0.05) is 12.6 Å². The number of carbonyl (C=O) groups excluding carboxylic acids is 1. The molecule has 0 aliphatic carbocycles. The summed E-state index contributed by atoms with van der Waals surface area (Å²) in [5.41, 5.74) is 2.26. The standard InChI is InChI=1S/C12H19N3O3/c1-4-7-15-11(16)6-5-10(13-15)12(17)14-18-8-9(2)3/h5-6,9H,4,7-8H2,1-3H3,(H,14,17). The normalized spacial score (nSPS) is 10.7. The zero-order valence-corrected chi connectivity index (χ0v) is 11.0. The summed E-state index contributed by atoms with van der Waals surface area (Å²) in [5, 5.41) is 3.97. The number of rotatable bonds is 6. The summed E-state index contributed by atoms with van der Waals surface area (Å²) >= 11 is 0. The van der Waals surface area contributed by atoms with Crippen LogP contribution in [0.4, 0.5) is 0 Å². The second-order valence-corrected chi connectivity index (χ2v) is 4.42. The number of aryl methyl sites for hydroxylation is 1. The third-order valence-electron chi connectivity index (χ3n) is 2.12. The van der Waals surface area contributed by atoms with Crippen LogP contribution in [0, 0.1) is 5.92 Å². The van der Waals surface area contributed by atoms with E-state index in [1.165, 1.54) is 16.8 Å². The van der Waals surface area contributed by atoms with E-state index >= 15 is 0 Å². The Balaban J connectivity index is 2.68. The molecule has 0 aliphatic rings. The fourth-order valence-electron chi connectivity index (χ4n) is 1.27. The quantitative estimate of drug-likeness (QED) is 0.767. The van der Waals surface area contributed by atoms with Crippen molar-refractivity contribution < 1.29 is 9.63 Å². The van der Waals surface area contributed by atoms with Crippen molar-refractivity contribution in [1.29, 1.82) is 0 Å². The lowest BCUT2D eigenvalue weighted by atomic mass is 10.2. The highest BCUT2D eigenvalue weighted by Gasteiger charge is 2.09. The van der Waals surface area contributed by atoms with Crippen LogP contribution < -0.4 is 11.0 Å². The molecule has 0 bridgehead atoms. The molecule has 0 atom stereocenters. The summed E-state index contributed by atoms with van der Waals surface area (Å²) in [6, 6.07) is 2.72. The van der Waals surface area contributed by atoms with Gasteiger partial charge in [0.25, 0.3) is 11.5 Å². The van der Waals surface area contributed by atoms with E-state index in [0.29, 0.717) is 19.1 Å². The van der Waals surface area contributed by atoms with Crippen LogP contribution in [0.1, 0.15) is 37.7 Å². The van der Waals surface area contributed by atoms with E-state index in [2.05, 4.69) is 10.6 Å². The summed E-state index contributed by atoms with van der Waals surface area (Å²) in [6.45, 7) is 6.82. The summed E-state index contributed by atoms with van der Waals surface area (Å²) in [4.78, 5) is 28.1. The molecule has 0 unspecified atom stereocenters. The van der Waals surface area contributed by atoms with Gasteiger partial charge in [0.05, 0.1) is 6.61 Å². The SMILES string of the molecule is CCCn1nc(C(=O)NOCC(C)C)ccc1=O. The molecule has 1 rings (SSSR count). The molecule has 18 heavy (non-hydrogen) atoms. The molecule has 0 fully saturated rings. The molecule has 1 N–H and O–H groups in total. The zero-order chi connectivity index (χ0) is 13.5. The van der Waals surface area contributed by atoms with Crippen LogP contribution in [-0.2, 0) is 11.4 Å². The van der Waals surface area contributed by atoms with Crippen LogP contribution in [0.2, 0.25) is 0 Å². The van der Waals surface area contributed by atoms with Gasteiger partial charge in [-0.05, 0) is 18.4 Å². The Morgan fingerprint density at radius 2 is 2.22 bits per heavy atom. The molecule has 1 heterocycles. The number of aromatic nitrogens is 2. The molecule has 100 valence electrons. The number of amides is 1. The van der Waals surface area contributed by atoms with Crippen molar-refractivity contribution in [2.45, 2.75) is 33.7 Å². The van der Waals surface area contributed by atoms with Crippen molar-refractivity contribution in [3.8, 4) is 0 Å². The number of hydrogen-bond acceptors (Lipinski definition) is 4. The van der Waals surface area contributed by atoms with Crippen molar-refractivity contribution in [2.24, 2.45) is 5.92 Å². The molecule has 1 amide bonds. The summed E-state index contributed by atoms with van der Waals surface area (Å²) in [5.74, 6) is -0.118. The van der Waals surface area contributed by atoms with Gasteiger partial charge >= 0.3 is 0 Å². The zero-order valence-electron chi connectivity index (χ0n) is 11.0. The molecule has 1 aromatic rings. The maximum Gasteiger partial charge on any atom is 0.295 e. The summed E-state index contributed by atoms with van der Waals surface area (Å²) in [7, 11) is 0. The van der Waals surface area contributed by atoms with Crippen LogP contribution in [0.25, 0.3) is 0 Å². The highest BCUT2D eigenvalue weighted by Crippen LogP contribution is 1.94. The van der Waals surface area contributed by atoms with Gasteiger partial charge in [-0.3, -0.25) is 14.4 Å². The molecule has 0 radical (unpaired) electrons. The van der Waals surface area contributed by atoms with Gasteiger partial charge < -0.3 is 0 Å². The third-order valence-corrected chi connectivity index (χ3v) is 2.12. The minimum absolute atomic E-state index is 0.173. The van der Waals surface area contributed by atoms with Gasteiger partial charge in [-0.25, -0.2) is 10.2 Å². The minimum atomic E-state index is -0.444. The van der Waals surface area contributed by atoms with Crippen LogP contribution in [0.15, 0.2) is 16.9 Å². The smallest absolute Gasteiger partial charge is 0.273 e. The van der Waals surface area contributed by atoms with Crippen LogP contribution in [0.3, 0.4) is 0 Å². The van der Waals surface area contributed by atoms with E-state index in [0.717, 1.165) is 6.42 Å². The van der Waals surface area contributed by atoms with Crippen molar-refractivity contribution in [3.05, 3.63) is 28.2 Å². The van der Waals surface area contributed by atoms with Gasteiger partial charge in [0.15, 0.2) is 5.69 Å². The first-order valence-electron chi connectivity index (χ1n) is 6.05. The molecular weight excluding hydrogens is 234 g/mol. The van der Waals surface area contributed by atoms with Gasteiger partial charge in [-0.2, -0.15) is 5.10 Å². The van der Waals surface area contributed by atoms with E-state index in [4.69, 9.17) is 4.84 Å². The number of nitrogens with one attached hydrogen (secondary N) is 1. The lowest BCUT2D eigenvalue weighted by Gasteiger charge is -2.08. The maximum absolute atomic E-state index is 11.7. The highest BCUT2D eigenvalue weighted by molar-refractivity contribution is 5.91. The molecule has 0 saturated heterocycles. The highest BCUT2D eigenvalue weighted by atomic mass is 16.6. The van der Waals surface area contributed by atoms with E-state index in [9.17, 15) is 9.59 Å². The molecule has 0 spiro atoms. The van der Waals surface area contributed by atoms with Crippen molar-refractivity contribution >= 4 is 5.91 Å². The van der Waals surface area contributed by atoms with Crippen LogP contribution in [0.5, 0.6) is 0 Å². The fourth-order valence-corrected chi connectivity index (χ4v) is 1.27. The van der Waals surface area contributed by atoms with E-state index in [-0.39, 0.29) is 11.3 Å². The Morgan fingerprint density at radius 3 is 2.83 bits per heavy atom. The molecule has 6 nitrogen and oxygen atoms in total. The summed E-state index contributed by atoms with van der Waals surface area (Å²) in [6.07, 6.45) is 0.780. The lowest BCUT2D eigenvalue weighted by Crippen LogP contribution is -2.30. The largest absolute Gasteiger partial charge is 0.295 e. The van der Waals surface area contributed by atoms with Crippen molar-refractivity contribution in [3.63, 3.8) is 0 Å². The van der Waals surface area contributed by atoms with Gasteiger partial charge in [-0.1, -0.05) is 20.8 Å². The van der Waals surface area contributed by atoms with E-state index in [1.54, 1.807) is 0 Å². The Hall–Kier alpha value is -1.69. The van der Waals surface area contributed by atoms with E-state index in [1.807, 2.05) is 20.8 Å². The van der Waals surface area contributed by atoms with Crippen molar-refractivity contribution in [2.75, 3.05) is 6.61 Å². The predicted octanol–water partition coefficient (Wildman–Crippen LogP) is 0.971. The van der Waals surface area contributed by atoms with E-state index < -0.39 is 5.91 Å². The Labute approximate surface area is 106 Å². The Bertz CT molecular complexity index is 454. The second-order valence-electron chi connectivity index (χ2n) is 4.42. The average Bonchev–Trinajstić information content (AvgIpc) is 2.31. The monoisotopic (exact) mass is 253 g/mol. The van der Waals surface area contributed by atoms with Gasteiger partial charge in [-0.15, -0.1) is 0 Å². The van der Waals surface area contributed by atoms with Crippen LogP contribution >= 0.6 is 0 Å². The molecular formula is C12H19N3O3. The topological polar surface area (TPSA) is 73.2 Å². The summed E-state index contributed by atoms with van der Waals surface area (Å²) < 4.78 is 1.28. The maximum atomic E-state index is 11.7. The van der Waals surface area contributed by atoms with Gasteiger partial charge in [0.1, 0.15) is 0 Å². The number of nitrogens with zero attached hydrogens (tertiary/aromatic N) is 2. The lowest BCUT2D eigenvalue weighted by molar-refractivity contribution is 0.0203. The number of hydroxylamine groups is 1.